The van der Waals surface area contributed by atoms with Gasteiger partial charge in [0.1, 0.15) is 10.6 Å². The van der Waals surface area contributed by atoms with Crippen molar-refractivity contribution in [2.45, 2.75) is 18.7 Å². The maximum absolute atomic E-state index is 12.7. The van der Waals surface area contributed by atoms with Crippen molar-refractivity contribution in [2.24, 2.45) is 0 Å². The summed E-state index contributed by atoms with van der Waals surface area (Å²) in [5, 5.41) is 3.74. The molecule has 1 fully saturated rings. The molecule has 0 radical (unpaired) electrons. The average Bonchev–Trinajstić information content (AvgIpc) is 2.88. The normalized spacial score (nSPS) is 16.9. The van der Waals surface area contributed by atoms with E-state index in [1.807, 2.05) is 24.4 Å². The lowest BCUT2D eigenvalue weighted by Gasteiger charge is -2.30. The van der Waals surface area contributed by atoms with E-state index in [1.165, 1.54) is 4.31 Å². The van der Waals surface area contributed by atoms with Gasteiger partial charge in [0.25, 0.3) is 5.82 Å². The molecule has 118 valence electrons. The first-order valence-electron chi connectivity index (χ1n) is 7.15. The molecule has 0 bridgehead atoms. The molecule has 8 heteroatoms. The van der Waals surface area contributed by atoms with E-state index in [0.717, 1.165) is 5.82 Å². The van der Waals surface area contributed by atoms with E-state index in [4.69, 9.17) is 4.52 Å². The quantitative estimate of drug-likeness (QED) is 0.827. The van der Waals surface area contributed by atoms with Gasteiger partial charge in [-0.15, -0.1) is 0 Å². The van der Waals surface area contributed by atoms with Crippen LogP contribution in [0, 0.1) is 13.8 Å². The number of aromatic amines is 1. The number of hydrogen-bond donors (Lipinski definition) is 0. The summed E-state index contributed by atoms with van der Waals surface area (Å²) in [5.41, 5.74) is 0.413. The number of aromatic nitrogens is 2. The van der Waals surface area contributed by atoms with Crippen molar-refractivity contribution < 1.29 is 17.9 Å². The van der Waals surface area contributed by atoms with Crippen LogP contribution < -0.4 is 9.88 Å². The van der Waals surface area contributed by atoms with Crippen molar-refractivity contribution in [3.8, 4) is 0 Å². The van der Waals surface area contributed by atoms with Gasteiger partial charge in [0.2, 0.25) is 10.0 Å². The van der Waals surface area contributed by atoms with Crippen molar-refractivity contribution in [1.29, 1.82) is 0 Å². The second-order valence-electron chi connectivity index (χ2n) is 5.29. The van der Waals surface area contributed by atoms with Crippen molar-refractivity contribution in [1.82, 2.24) is 9.46 Å². The predicted molar refractivity (Wildman–Crippen MR) is 79.9 cm³/mol. The zero-order valence-electron chi connectivity index (χ0n) is 12.6. The summed E-state index contributed by atoms with van der Waals surface area (Å²) in [6.45, 7) is 5.44. The molecule has 0 aliphatic carbocycles. The van der Waals surface area contributed by atoms with Crippen molar-refractivity contribution in [2.75, 3.05) is 31.1 Å². The summed E-state index contributed by atoms with van der Waals surface area (Å²) in [6.07, 6.45) is 1.86. The first-order valence-corrected chi connectivity index (χ1v) is 8.59. The van der Waals surface area contributed by atoms with Crippen LogP contribution in [0.2, 0.25) is 0 Å². The van der Waals surface area contributed by atoms with Gasteiger partial charge in [-0.3, -0.25) is 4.90 Å². The largest absolute Gasteiger partial charge is 0.360 e. The minimum atomic E-state index is -3.55. The van der Waals surface area contributed by atoms with Crippen molar-refractivity contribution in [3.63, 3.8) is 0 Å². The molecule has 2 aromatic rings. The second kappa shape index (κ2) is 5.69. The zero-order valence-corrected chi connectivity index (χ0v) is 13.4. The molecule has 22 heavy (non-hydrogen) atoms. The number of piperazine rings is 1. The Bertz CT molecular complexity index is 730. The maximum Gasteiger partial charge on any atom is 0.274 e. The van der Waals surface area contributed by atoms with E-state index in [2.05, 4.69) is 15.0 Å². The fraction of sp³-hybridized carbons (Fsp3) is 0.429. The fourth-order valence-corrected chi connectivity index (χ4v) is 4.44. The second-order valence-corrected chi connectivity index (χ2v) is 7.17. The summed E-state index contributed by atoms with van der Waals surface area (Å²) in [7, 11) is -3.55. The van der Waals surface area contributed by atoms with Crippen LogP contribution in [-0.4, -0.2) is 44.1 Å². The summed E-state index contributed by atoms with van der Waals surface area (Å²) >= 11 is 0. The number of H-pyrrole nitrogens is 1. The van der Waals surface area contributed by atoms with E-state index in [9.17, 15) is 8.42 Å². The van der Waals surface area contributed by atoms with Crippen LogP contribution in [0.15, 0.2) is 33.8 Å². The highest BCUT2D eigenvalue weighted by atomic mass is 32.2. The Balaban J connectivity index is 1.76. The van der Waals surface area contributed by atoms with E-state index in [-0.39, 0.29) is 4.90 Å². The average molecular weight is 323 g/mol. The molecule has 3 heterocycles. The van der Waals surface area contributed by atoms with Gasteiger partial charge < -0.3 is 4.52 Å². The van der Waals surface area contributed by atoms with Crippen molar-refractivity contribution >= 4 is 15.8 Å². The summed E-state index contributed by atoms with van der Waals surface area (Å²) in [5.74, 6) is 1.34. The monoisotopic (exact) mass is 323 g/mol. The smallest absolute Gasteiger partial charge is 0.274 e. The van der Waals surface area contributed by atoms with Crippen LogP contribution in [0.1, 0.15) is 11.5 Å². The lowest BCUT2D eigenvalue weighted by atomic mass is 10.3. The molecule has 3 rings (SSSR count). The molecule has 0 saturated carbocycles. The molecule has 1 aliphatic heterocycles. The number of rotatable bonds is 3. The number of sulfonamides is 1. The van der Waals surface area contributed by atoms with Crippen LogP contribution in [0.5, 0.6) is 0 Å². The molecule has 0 atom stereocenters. The Morgan fingerprint density at radius 3 is 2.45 bits per heavy atom. The van der Waals surface area contributed by atoms with Crippen LogP contribution >= 0.6 is 0 Å². The Hall–Kier alpha value is -1.93. The molecule has 1 N–H and O–H groups in total. The molecule has 0 spiro atoms. The third-order valence-corrected chi connectivity index (χ3v) is 5.98. The first-order chi connectivity index (χ1) is 10.5. The zero-order chi connectivity index (χ0) is 15.7. The van der Waals surface area contributed by atoms with E-state index < -0.39 is 10.0 Å². The molecule has 1 aliphatic rings. The van der Waals surface area contributed by atoms with Gasteiger partial charge in [-0.25, -0.2) is 13.4 Å². The van der Waals surface area contributed by atoms with Gasteiger partial charge in [0.15, 0.2) is 5.76 Å². The number of anilines is 1. The first kappa shape index (κ1) is 15.0. The van der Waals surface area contributed by atoms with Crippen molar-refractivity contribution in [3.05, 3.63) is 35.9 Å². The summed E-state index contributed by atoms with van der Waals surface area (Å²) in [4.78, 5) is 5.51. The number of nitrogens with zero attached hydrogens (tertiary/aromatic N) is 3. The third kappa shape index (κ3) is 2.59. The van der Waals surface area contributed by atoms with E-state index in [1.54, 1.807) is 13.8 Å². The van der Waals surface area contributed by atoms with Gasteiger partial charge in [-0.05, 0) is 19.9 Å². The lowest BCUT2D eigenvalue weighted by Crippen LogP contribution is -2.50. The van der Waals surface area contributed by atoms with Crippen LogP contribution in [0.4, 0.5) is 5.82 Å². The Labute approximate surface area is 129 Å². The minimum Gasteiger partial charge on any atom is -0.360 e. The summed E-state index contributed by atoms with van der Waals surface area (Å²) < 4.78 is 32.0. The van der Waals surface area contributed by atoms with E-state index in [0.29, 0.717) is 37.6 Å². The molecular formula is C14H19N4O3S+. The Morgan fingerprint density at radius 2 is 1.91 bits per heavy atom. The topological polar surface area (TPSA) is 80.8 Å². The minimum absolute atomic E-state index is 0.201. The highest BCUT2D eigenvalue weighted by molar-refractivity contribution is 7.89. The van der Waals surface area contributed by atoms with E-state index >= 15 is 0 Å². The SMILES string of the molecule is Cc1noc(C)c1S(=O)(=O)N1CCN(c2cccc[nH+]2)CC1. The molecule has 0 amide bonds. The fourth-order valence-electron chi connectivity index (χ4n) is 2.72. The number of nitrogens with one attached hydrogen (secondary N) is 1. The van der Waals surface area contributed by atoms with Crippen LogP contribution in [-0.2, 0) is 10.0 Å². The lowest BCUT2D eigenvalue weighted by molar-refractivity contribution is -0.364. The molecular weight excluding hydrogens is 304 g/mol. The highest BCUT2D eigenvalue weighted by Crippen LogP contribution is 2.24. The van der Waals surface area contributed by atoms with Gasteiger partial charge >= 0.3 is 0 Å². The predicted octanol–water partition coefficient (Wildman–Crippen LogP) is 0.616. The molecule has 2 aromatic heterocycles. The van der Waals surface area contributed by atoms with Gasteiger partial charge in [-0.1, -0.05) is 11.2 Å². The molecule has 7 nitrogen and oxygen atoms in total. The van der Waals surface area contributed by atoms with Gasteiger partial charge in [0.05, 0.1) is 32.4 Å². The third-order valence-electron chi connectivity index (χ3n) is 3.84. The van der Waals surface area contributed by atoms with Crippen LogP contribution in [0.25, 0.3) is 0 Å². The number of aryl methyl sites for hydroxylation is 2. The number of hydrogen-bond acceptors (Lipinski definition) is 5. The number of pyridine rings is 1. The van der Waals surface area contributed by atoms with Gasteiger partial charge in [0, 0.05) is 6.07 Å². The molecule has 0 aromatic carbocycles. The maximum atomic E-state index is 12.7. The highest BCUT2D eigenvalue weighted by Gasteiger charge is 2.35. The van der Waals surface area contributed by atoms with Crippen LogP contribution in [0.3, 0.4) is 0 Å². The molecule has 1 saturated heterocycles. The Morgan fingerprint density at radius 1 is 1.18 bits per heavy atom. The summed E-state index contributed by atoms with van der Waals surface area (Å²) in [6, 6.07) is 5.86. The molecule has 0 unspecified atom stereocenters. The Kier molecular flexibility index (Phi) is 3.88. The standard InChI is InChI=1S/C14H18N4O3S/c1-11-14(12(2)21-16-11)22(19,20)18-9-7-17(8-10-18)13-5-3-4-6-15-13/h3-6H,7-10H2,1-2H3/p+1. The van der Waals surface area contributed by atoms with Gasteiger partial charge in [-0.2, -0.15) is 4.31 Å².